The van der Waals surface area contributed by atoms with Crippen LogP contribution in [0.5, 0.6) is 0 Å². The Balaban J connectivity index is 1.98. The van der Waals surface area contributed by atoms with Crippen LogP contribution in [0.1, 0.15) is 49.2 Å². The summed E-state index contributed by atoms with van der Waals surface area (Å²) in [6, 6.07) is 4.46. The van der Waals surface area contributed by atoms with E-state index in [1.807, 2.05) is 19.3 Å². The molecule has 0 aliphatic rings. The van der Waals surface area contributed by atoms with Crippen molar-refractivity contribution in [2.75, 3.05) is 13.7 Å². The summed E-state index contributed by atoms with van der Waals surface area (Å²) in [7, 11) is 2.12. The van der Waals surface area contributed by atoms with Crippen LogP contribution < -0.4 is 0 Å². The topological polar surface area (TPSA) is 38.2 Å². The van der Waals surface area contributed by atoms with Gasteiger partial charge >= 0.3 is 0 Å². The first-order valence-electron chi connectivity index (χ1n) is 7.27. The summed E-state index contributed by atoms with van der Waals surface area (Å²) in [5.41, 5.74) is 2.37. The summed E-state index contributed by atoms with van der Waals surface area (Å²) in [4.78, 5) is 11.0. The molecule has 2 heterocycles. The number of thiazole rings is 1. The monoisotopic (exact) mass is 305 g/mol. The Morgan fingerprint density at radius 2 is 2.00 bits per heavy atom. The molecule has 114 valence electrons. The van der Waals surface area contributed by atoms with Crippen molar-refractivity contribution < 1.29 is 4.74 Å². The van der Waals surface area contributed by atoms with Crippen LogP contribution in [0, 0.1) is 0 Å². The van der Waals surface area contributed by atoms with E-state index in [4.69, 9.17) is 4.74 Å². The second kappa shape index (κ2) is 7.64. The van der Waals surface area contributed by atoms with Crippen molar-refractivity contribution in [2.24, 2.45) is 0 Å². The van der Waals surface area contributed by atoms with Crippen molar-refractivity contribution in [3.8, 4) is 0 Å². The zero-order valence-corrected chi connectivity index (χ0v) is 13.9. The van der Waals surface area contributed by atoms with Gasteiger partial charge in [-0.3, -0.25) is 9.88 Å². The largest absolute Gasteiger partial charge is 0.372 e. The molecule has 5 heteroatoms. The third kappa shape index (κ3) is 4.33. The van der Waals surface area contributed by atoms with Crippen molar-refractivity contribution in [2.45, 2.75) is 39.5 Å². The predicted molar refractivity (Wildman–Crippen MR) is 86.3 cm³/mol. The highest BCUT2D eigenvalue weighted by atomic mass is 32.1. The van der Waals surface area contributed by atoms with Crippen molar-refractivity contribution in [1.82, 2.24) is 14.9 Å². The maximum absolute atomic E-state index is 5.59. The molecule has 0 aromatic carbocycles. The second-order valence-electron chi connectivity index (χ2n) is 5.15. The molecule has 2 rings (SSSR count). The summed E-state index contributed by atoms with van der Waals surface area (Å²) >= 11 is 1.67. The van der Waals surface area contributed by atoms with Crippen LogP contribution in [0.15, 0.2) is 29.9 Å². The average molecular weight is 305 g/mol. The van der Waals surface area contributed by atoms with E-state index in [0.717, 1.165) is 23.9 Å². The van der Waals surface area contributed by atoms with Crippen LogP contribution in [0.3, 0.4) is 0 Å². The lowest BCUT2D eigenvalue weighted by molar-refractivity contribution is 0.0760. The molecule has 0 fully saturated rings. The molecule has 0 saturated carbocycles. The molecule has 0 unspecified atom stereocenters. The molecule has 2 aromatic heterocycles. The third-order valence-electron chi connectivity index (χ3n) is 3.60. The van der Waals surface area contributed by atoms with Gasteiger partial charge in [-0.15, -0.1) is 11.3 Å². The van der Waals surface area contributed by atoms with Gasteiger partial charge in [-0.05, 0) is 45.5 Å². The van der Waals surface area contributed by atoms with E-state index in [-0.39, 0.29) is 6.10 Å². The van der Waals surface area contributed by atoms with Crippen molar-refractivity contribution >= 4 is 11.3 Å². The molecule has 0 amide bonds. The minimum atomic E-state index is 0.0803. The summed E-state index contributed by atoms with van der Waals surface area (Å²) in [5, 5.41) is 3.18. The van der Waals surface area contributed by atoms with E-state index >= 15 is 0 Å². The Morgan fingerprint density at radius 1 is 1.29 bits per heavy atom. The molecule has 2 aromatic rings. The van der Waals surface area contributed by atoms with Crippen LogP contribution in [0.2, 0.25) is 0 Å². The molecule has 0 N–H and O–H groups in total. The smallest absolute Gasteiger partial charge is 0.122 e. The number of ether oxygens (including phenoxy) is 1. The number of nitrogens with zero attached hydrogens (tertiary/aromatic N) is 3. The summed E-state index contributed by atoms with van der Waals surface area (Å²) in [6.07, 6.45) is 3.76. The fourth-order valence-corrected chi connectivity index (χ4v) is 3.01. The van der Waals surface area contributed by atoms with E-state index < -0.39 is 0 Å². The van der Waals surface area contributed by atoms with Gasteiger partial charge in [0.2, 0.25) is 0 Å². The lowest BCUT2D eigenvalue weighted by atomic mass is 10.1. The lowest BCUT2D eigenvalue weighted by Crippen LogP contribution is -2.22. The Hall–Kier alpha value is -1.30. The molecular formula is C16H23N3OS. The van der Waals surface area contributed by atoms with Gasteiger partial charge in [0.1, 0.15) is 11.1 Å². The van der Waals surface area contributed by atoms with E-state index in [0.29, 0.717) is 6.04 Å². The molecule has 0 aliphatic heterocycles. The van der Waals surface area contributed by atoms with Crippen molar-refractivity contribution in [3.05, 3.63) is 46.2 Å². The van der Waals surface area contributed by atoms with E-state index in [1.54, 1.807) is 11.3 Å². The van der Waals surface area contributed by atoms with Gasteiger partial charge in [-0.1, -0.05) is 0 Å². The quantitative estimate of drug-likeness (QED) is 0.779. The van der Waals surface area contributed by atoms with Crippen LogP contribution in [0.25, 0.3) is 0 Å². The summed E-state index contributed by atoms with van der Waals surface area (Å²) in [6.45, 7) is 7.81. The average Bonchev–Trinajstić information content (AvgIpc) is 2.96. The van der Waals surface area contributed by atoms with Crippen LogP contribution >= 0.6 is 11.3 Å². The van der Waals surface area contributed by atoms with Gasteiger partial charge in [0.05, 0.1) is 5.69 Å². The summed E-state index contributed by atoms with van der Waals surface area (Å²) in [5.74, 6) is 0. The maximum atomic E-state index is 5.59. The molecule has 21 heavy (non-hydrogen) atoms. The van der Waals surface area contributed by atoms with Crippen LogP contribution in [-0.2, 0) is 11.3 Å². The fraction of sp³-hybridized carbons (Fsp3) is 0.500. The highest BCUT2D eigenvalue weighted by Crippen LogP contribution is 2.24. The van der Waals surface area contributed by atoms with Crippen molar-refractivity contribution in [1.29, 1.82) is 0 Å². The minimum absolute atomic E-state index is 0.0803. The number of hydrogen-bond acceptors (Lipinski definition) is 5. The molecule has 0 aliphatic carbocycles. The highest BCUT2D eigenvalue weighted by molar-refractivity contribution is 7.09. The van der Waals surface area contributed by atoms with Gasteiger partial charge in [0, 0.05) is 37.0 Å². The molecule has 0 radical (unpaired) electrons. The number of pyridine rings is 1. The Labute approximate surface area is 130 Å². The van der Waals surface area contributed by atoms with E-state index in [2.05, 4.69) is 53.3 Å². The maximum Gasteiger partial charge on any atom is 0.122 e. The van der Waals surface area contributed by atoms with E-state index in [9.17, 15) is 0 Å². The standard InChI is InChI=1S/C16H23N3OS/c1-5-20-13(3)16-18-15(11-21-16)10-19(4)12(2)14-6-8-17-9-7-14/h6-9,11-13H,5,10H2,1-4H3/t12-,13-/m0/s1. The molecule has 0 saturated heterocycles. The molecule has 0 spiro atoms. The first kappa shape index (κ1) is 16.1. The number of hydrogen-bond donors (Lipinski definition) is 0. The van der Waals surface area contributed by atoms with Crippen molar-refractivity contribution in [3.63, 3.8) is 0 Å². The highest BCUT2D eigenvalue weighted by Gasteiger charge is 2.15. The van der Waals surface area contributed by atoms with Gasteiger partial charge in [0.15, 0.2) is 0 Å². The molecule has 2 atom stereocenters. The Bertz CT molecular complexity index is 543. The van der Waals surface area contributed by atoms with Gasteiger partial charge < -0.3 is 4.74 Å². The van der Waals surface area contributed by atoms with Crippen LogP contribution in [-0.4, -0.2) is 28.5 Å². The van der Waals surface area contributed by atoms with Gasteiger partial charge in [0.25, 0.3) is 0 Å². The molecule has 0 bridgehead atoms. The SMILES string of the molecule is CCO[C@@H](C)c1nc(CN(C)[C@@H](C)c2ccncc2)cs1. The molecule has 4 nitrogen and oxygen atoms in total. The van der Waals surface area contributed by atoms with Crippen LogP contribution in [0.4, 0.5) is 0 Å². The molecular weight excluding hydrogens is 282 g/mol. The predicted octanol–water partition coefficient (Wildman–Crippen LogP) is 3.83. The summed E-state index contributed by atoms with van der Waals surface area (Å²) < 4.78 is 5.59. The minimum Gasteiger partial charge on any atom is -0.372 e. The Morgan fingerprint density at radius 3 is 2.67 bits per heavy atom. The first-order valence-corrected chi connectivity index (χ1v) is 8.15. The third-order valence-corrected chi connectivity index (χ3v) is 4.65. The first-order chi connectivity index (χ1) is 10.1. The zero-order chi connectivity index (χ0) is 15.2. The van der Waals surface area contributed by atoms with E-state index in [1.165, 1.54) is 5.56 Å². The number of aromatic nitrogens is 2. The second-order valence-corrected chi connectivity index (χ2v) is 6.04. The zero-order valence-electron chi connectivity index (χ0n) is 13.1. The normalized spacial score (nSPS) is 14.3. The Kier molecular flexibility index (Phi) is 5.85. The number of rotatable bonds is 7. The lowest BCUT2D eigenvalue weighted by Gasteiger charge is -2.24. The fourth-order valence-electron chi connectivity index (χ4n) is 2.19. The van der Waals surface area contributed by atoms with Gasteiger partial charge in [-0.2, -0.15) is 0 Å². The van der Waals surface area contributed by atoms with Gasteiger partial charge in [-0.25, -0.2) is 4.98 Å².